The molecule has 0 N–H and O–H groups in total. The maximum atomic E-state index is 5.24. The summed E-state index contributed by atoms with van der Waals surface area (Å²) in [4.78, 5) is 8.95. The molecule has 4 heterocycles. The first kappa shape index (κ1) is 11.9. The van der Waals surface area contributed by atoms with Gasteiger partial charge in [0.25, 0.3) is 0 Å². The number of hydrogen-bond donors (Lipinski definition) is 0. The number of aromatic nitrogens is 6. The van der Waals surface area contributed by atoms with Crippen molar-refractivity contribution in [1.82, 2.24) is 29.8 Å². The molecule has 102 valence electrons. The van der Waals surface area contributed by atoms with Crippen molar-refractivity contribution >= 4 is 28.4 Å². The second-order valence-electron chi connectivity index (χ2n) is 4.10. The fraction of sp³-hybridized carbons (Fsp3) is 0. The van der Waals surface area contributed by atoms with Gasteiger partial charge in [0.1, 0.15) is 16.5 Å². The van der Waals surface area contributed by atoms with Crippen LogP contribution in [0.3, 0.4) is 0 Å². The Morgan fingerprint density at radius 1 is 1.19 bits per heavy atom. The topological polar surface area (TPSA) is 82.0 Å². The Labute approximate surface area is 122 Å². The van der Waals surface area contributed by atoms with E-state index in [1.807, 2.05) is 24.3 Å². The van der Waals surface area contributed by atoms with Gasteiger partial charge >= 0.3 is 0 Å². The molecular formula is C13H8N6OS. The summed E-state index contributed by atoms with van der Waals surface area (Å²) in [5.41, 5.74) is 0.636. The van der Waals surface area contributed by atoms with E-state index in [1.54, 1.807) is 29.4 Å². The van der Waals surface area contributed by atoms with Crippen molar-refractivity contribution in [3.05, 3.63) is 47.8 Å². The van der Waals surface area contributed by atoms with Crippen LogP contribution in [0.5, 0.6) is 0 Å². The van der Waals surface area contributed by atoms with E-state index in [-0.39, 0.29) is 0 Å². The molecule has 0 bridgehead atoms. The van der Waals surface area contributed by atoms with E-state index in [4.69, 9.17) is 4.42 Å². The van der Waals surface area contributed by atoms with Crippen LogP contribution >= 0.6 is 11.3 Å². The summed E-state index contributed by atoms with van der Waals surface area (Å²) in [7, 11) is 0. The standard InChI is InChI=1S/C13H8N6OS/c1-2-9(20-7-1)3-4-11-18-19-12(16-17-13(19)21-11)10-8-14-5-6-15-10/h1-8H/b4-3+. The van der Waals surface area contributed by atoms with Gasteiger partial charge < -0.3 is 4.42 Å². The summed E-state index contributed by atoms with van der Waals surface area (Å²) in [6, 6.07) is 3.71. The van der Waals surface area contributed by atoms with E-state index in [1.165, 1.54) is 11.3 Å². The number of rotatable bonds is 3. The second kappa shape index (κ2) is 4.91. The van der Waals surface area contributed by atoms with Gasteiger partial charge in [-0.15, -0.1) is 10.2 Å². The lowest BCUT2D eigenvalue weighted by atomic mass is 10.4. The minimum absolute atomic E-state index is 0.576. The van der Waals surface area contributed by atoms with Gasteiger partial charge in [-0.2, -0.15) is 9.61 Å². The van der Waals surface area contributed by atoms with Gasteiger partial charge in [0.05, 0.1) is 12.5 Å². The maximum Gasteiger partial charge on any atom is 0.235 e. The van der Waals surface area contributed by atoms with Crippen LogP contribution in [0.25, 0.3) is 28.6 Å². The zero-order valence-corrected chi connectivity index (χ0v) is 11.4. The van der Waals surface area contributed by atoms with E-state index >= 15 is 0 Å². The van der Waals surface area contributed by atoms with Gasteiger partial charge in [-0.05, 0) is 24.3 Å². The average molecular weight is 296 g/mol. The molecule has 0 spiro atoms. The molecule has 4 aromatic heterocycles. The first-order valence-corrected chi connectivity index (χ1v) is 6.92. The first-order chi connectivity index (χ1) is 10.4. The monoisotopic (exact) mass is 296 g/mol. The minimum atomic E-state index is 0.576. The highest BCUT2D eigenvalue weighted by molar-refractivity contribution is 7.17. The third-order valence-electron chi connectivity index (χ3n) is 2.73. The van der Waals surface area contributed by atoms with Crippen LogP contribution in [-0.2, 0) is 0 Å². The molecule has 0 atom stereocenters. The van der Waals surface area contributed by atoms with E-state index < -0.39 is 0 Å². The van der Waals surface area contributed by atoms with Crippen LogP contribution in [0.1, 0.15) is 10.8 Å². The highest BCUT2D eigenvalue weighted by atomic mass is 32.1. The summed E-state index contributed by atoms with van der Waals surface area (Å²) in [5.74, 6) is 1.35. The van der Waals surface area contributed by atoms with Crippen LogP contribution in [-0.4, -0.2) is 29.8 Å². The van der Waals surface area contributed by atoms with Gasteiger partial charge in [0.15, 0.2) is 0 Å². The van der Waals surface area contributed by atoms with E-state index in [0.717, 1.165) is 10.8 Å². The van der Waals surface area contributed by atoms with E-state index in [9.17, 15) is 0 Å². The minimum Gasteiger partial charge on any atom is -0.465 e. The van der Waals surface area contributed by atoms with Crippen molar-refractivity contribution in [2.75, 3.05) is 0 Å². The predicted octanol–water partition coefficient (Wildman–Crippen LogP) is 2.41. The average Bonchev–Trinajstić information content (AvgIpc) is 3.22. The molecule has 4 aromatic rings. The van der Waals surface area contributed by atoms with Gasteiger partial charge in [-0.3, -0.25) is 4.98 Å². The fourth-order valence-electron chi connectivity index (χ4n) is 1.81. The lowest BCUT2D eigenvalue weighted by Crippen LogP contribution is -1.93. The quantitative estimate of drug-likeness (QED) is 0.577. The Morgan fingerprint density at radius 3 is 3.00 bits per heavy atom. The molecule has 21 heavy (non-hydrogen) atoms. The van der Waals surface area contributed by atoms with Crippen molar-refractivity contribution in [2.45, 2.75) is 0 Å². The summed E-state index contributed by atoms with van der Waals surface area (Å²) in [5, 5.41) is 13.5. The number of fused-ring (bicyclic) bond motifs is 1. The molecule has 0 saturated carbocycles. The van der Waals surface area contributed by atoms with Crippen molar-refractivity contribution in [2.24, 2.45) is 0 Å². The zero-order valence-electron chi connectivity index (χ0n) is 10.6. The van der Waals surface area contributed by atoms with Crippen molar-refractivity contribution in [3.8, 4) is 11.5 Å². The van der Waals surface area contributed by atoms with Crippen molar-refractivity contribution < 1.29 is 4.42 Å². The van der Waals surface area contributed by atoms with Crippen LogP contribution in [0.15, 0.2) is 41.4 Å². The summed E-state index contributed by atoms with van der Waals surface area (Å²) < 4.78 is 6.90. The Hall–Kier alpha value is -2.87. The van der Waals surface area contributed by atoms with Gasteiger partial charge in [0, 0.05) is 12.4 Å². The molecule has 0 fully saturated rings. The smallest absolute Gasteiger partial charge is 0.235 e. The molecule has 0 amide bonds. The lowest BCUT2D eigenvalue weighted by Gasteiger charge is -1.93. The molecule has 0 saturated heterocycles. The zero-order chi connectivity index (χ0) is 14.1. The third-order valence-corrected chi connectivity index (χ3v) is 3.60. The molecule has 7 nitrogen and oxygen atoms in total. The Morgan fingerprint density at radius 2 is 2.19 bits per heavy atom. The molecule has 0 unspecified atom stereocenters. The fourth-order valence-corrected chi connectivity index (χ4v) is 2.55. The molecule has 0 aliphatic carbocycles. The highest BCUT2D eigenvalue weighted by Gasteiger charge is 2.13. The highest BCUT2D eigenvalue weighted by Crippen LogP contribution is 2.20. The number of nitrogens with zero attached hydrogens (tertiary/aromatic N) is 6. The van der Waals surface area contributed by atoms with Gasteiger partial charge in [-0.1, -0.05) is 11.3 Å². The third kappa shape index (κ3) is 2.21. The molecule has 0 aliphatic rings. The predicted molar refractivity (Wildman–Crippen MR) is 77.3 cm³/mol. The van der Waals surface area contributed by atoms with Gasteiger partial charge in [0.2, 0.25) is 10.8 Å². The van der Waals surface area contributed by atoms with Crippen LogP contribution in [0, 0.1) is 0 Å². The Kier molecular flexibility index (Phi) is 2.79. The van der Waals surface area contributed by atoms with E-state index in [0.29, 0.717) is 16.5 Å². The van der Waals surface area contributed by atoms with Crippen LogP contribution in [0.4, 0.5) is 0 Å². The normalized spacial score (nSPS) is 11.6. The molecule has 0 aromatic carbocycles. The number of furan rings is 1. The summed E-state index contributed by atoms with van der Waals surface area (Å²) >= 11 is 1.44. The SMILES string of the molecule is C(=C\c1nn2c(-c3cnccn3)nnc2s1)/c1ccco1. The van der Waals surface area contributed by atoms with Crippen molar-refractivity contribution in [1.29, 1.82) is 0 Å². The molecular weight excluding hydrogens is 288 g/mol. The van der Waals surface area contributed by atoms with Crippen LogP contribution in [0.2, 0.25) is 0 Å². The maximum absolute atomic E-state index is 5.24. The van der Waals surface area contributed by atoms with Crippen molar-refractivity contribution in [3.63, 3.8) is 0 Å². The Bertz CT molecular complexity index is 893. The van der Waals surface area contributed by atoms with E-state index in [2.05, 4.69) is 25.3 Å². The molecule has 0 radical (unpaired) electrons. The van der Waals surface area contributed by atoms with Gasteiger partial charge in [-0.25, -0.2) is 4.98 Å². The van der Waals surface area contributed by atoms with Crippen LogP contribution < -0.4 is 0 Å². The molecule has 0 aliphatic heterocycles. The summed E-state index contributed by atoms with van der Waals surface area (Å²) in [6.45, 7) is 0. The lowest BCUT2D eigenvalue weighted by molar-refractivity contribution is 0.557. The Balaban J connectivity index is 1.73. The molecule has 8 heteroatoms. The first-order valence-electron chi connectivity index (χ1n) is 6.10. The molecule has 4 rings (SSSR count). The number of hydrogen-bond acceptors (Lipinski definition) is 7. The summed E-state index contributed by atoms with van der Waals surface area (Å²) in [6.07, 6.45) is 10.2. The second-order valence-corrected chi connectivity index (χ2v) is 5.09. The largest absolute Gasteiger partial charge is 0.465 e.